The Balaban J connectivity index is 2.13. The van der Waals surface area contributed by atoms with Crippen molar-refractivity contribution >= 4 is 5.65 Å². The molecule has 5 nitrogen and oxygen atoms in total. The zero-order valence-corrected chi connectivity index (χ0v) is 12.1. The average molecular weight is 262 g/mol. The van der Waals surface area contributed by atoms with Gasteiger partial charge in [0.15, 0.2) is 5.65 Å². The third kappa shape index (κ3) is 3.11. The number of hydrogen-bond donors (Lipinski definition) is 1. The van der Waals surface area contributed by atoms with Crippen LogP contribution in [0.5, 0.6) is 0 Å². The molecule has 0 spiro atoms. The zero-order chi connectivity index (χ0) is 13.8. The van der Waals surface area contributed by atoms with E-state index < -0.39 is 0 Å². The molecule has 0 radical (unpaired) electrons. The maximum atomic E-state index is 5.05. The average Bonchev–Trinajstić information content (AvgIpc) is 2.76. The van der Waals surface area contributed by atoms with Crippen LogP contribution in [0.25, 0.3) is 5.65 Å². The van der Waals surface area contributed by atoms with Crippen molar-refractivity contribution in [3.8, 4) is 0 Å². The van der Waals surface area contributed by atoms with Crippen molar-refractivity contribution in [2.45, 2.75) is 33.2 Å². The van der Waals surface area contributed by atoms with Crippen LogP contribution in [0.15, 0.2) is 12.3 Å². The first-order valence-electron chi connectivity index (χ1n) is 6.67. The highest BCUT2D eigenvalue weighted by Crippen LogP contribution is 2.17. The Morgan fingerprint density at radius 2 is 2.21 bits per heavy atom. The Hall–Kier alpha value is -1.46. The van der Waals surface area contributed by atoms with E-state index in [1.807, 2.05) is 23.7 Å². The summed E-state index contributed by atoms with van der Waals surface area (Å²) in [5, 5.41) is 7.96. The van der Waals surface area contributed by atoms with Gasteiger partial charge in [0.2, 0.25) is 0 Å². The molecule has 0 aliphatic heterocycles. The van der Waals surface area contributed by atoms with Crippen molar-refractivity contribution in [2.75, 3.05) is 20.3 Å². The molecule has 0 aliphatic carbocycles. The number of fused-ring (bicyclic) bond motifs is 1. The Labute approximate surface area is 114 Å². The minimum absolute atomic E-state index is 0.262. The molecule has 0 fully saturated rings. The number of ether oxygens (including phenoxy) is 1. The van der Waals surface area contributed by atoms with Crippen molar-refractivity contribution in [3.05, 3.63) is 29.2 Å². The van der Waals surface area contributed by atoms with Gasteiger partial charge in [-0.2, -0.15) is 5.10 Å². The van der Waals surface area contributed by atoms with Gasteiger partial charge in [0, 0.05) is 43.3 Å². The summed E-state index contributed by atoms with van der Waals surface area (Å²) in [6.07, 6.45) is 2.95. The summed E-state index contributed by atoms with van der Waals surface area (Å²) >= 11 is 0. The third-order valence-corrected chi connectivity index (χ3v) is 3.33. The van der Waals surface area contributed by atoms with Gasteiger partial charge < -0.3 is 10.1 Å². The lowest BCUT2D eigenvalue weighted by Crippen LogP contribution is -2.22. The molecule has 0 saturated carbocycles. The van der Waals surface area contributed by atoms with Gasteiger partial charge in [-0.05, 0) is 33.7 Å². The predicted molar refractivity (Wildman–Crippen MR) is 75.4 cm³/mol. The quantitative estimate of drug-likeness (QED) is 0.809. The van der Waals surface area contributed by atoms with Crippen LogP contribution in [0, 0.1) is 13.8 Å². The van der Waals surface area contributed by atoms with Crippen LogP contribution < -0.4 is 5.32 Å². The second kappa shape index (κ2) is 6.12. The number of aromatic nitrogens is 3. The van der Waals surface area contributed by atoms with Crippen LogP contribution >= 0.6 is 0 Å². The van der Waals surface area contributed by atoms with Crippen molar-refractivity contribution in [1.29, 1.82) is 0 Å². The summed E-state index contributed by atoms with van der Waals surface area (Å²) < 4.78 is 6.96. The maximum Gasteiger partial charge on any atom is 0.155 e. The van der Waals surface area contributed by atoms with E-state index in [1.54, 1.807) is 7.11 Å². The monoisotopic (exact) mass is 262 g/mol. The molecular weight excluding hydrogens is 240 g/mol. The van der Waals surface area contributed by atoms with E-state index >= 15 is 0 Å². The fraction of sp³-hybridized carbons (Fsp3) is 0.571. The van der Waals surface area contributed by atoms with Gasteiger partial charge in [-0.25, -0.2) is 9.50 Å². The number of rotatable bonds is 6. The smallest absolute Gasteiger partial charge is 0.155 e. The summed E-state index contributed by atoms with van der Waals surface area (Å²) in [4.78, 5) is 4.46. The predicted octanol–water partition coefficient (Wildman–Crippen LogP) is 2.03. The molecule has 2 aromatic heterocycles. The molecule has 0 bridgehead atoms. The molecule has 0 aliphatic rings. The molecule has 2 rings (SSSR count). The summed E-state index contributed by atoms with van der Waals surface area (Å²) in [6.45, 7) is 7.95. The van der Waals surface area contributed by atoms with Crippen molar-refractivity contribution in [2.24, 2.45) is 0 Å². The van der Waals surface area contributed by atoms with E-state index in [9.17, 15) is 0 Å². The normalized spacial score (nSPS) is 13.1. The van der Waals surface area contributed by atoms with Crippen molar-refractivity contribution in [3.63, 3.8) is 0 Å². The topological polar surface area (TPSA) is 51.5 Å². The van der Waals surface area contributed by atoms with E-state index in [0.29, 0.717) is 0 Å². The molecule has 1 unspecified atom stereocenters. The number of nitrogens with one attached hydrogen (secondary N) is 1. The number of aryl methyl sites for hydroxylation is 2. The summed E-state index contributed by atoms with van der Waals surface area (Å²) in [7, 11) is 1.73. The molecular formula is C14H22N4O. The molecule has 5 heteroatoms. The summed E-state index contributed by atoms with van der Waals surface area (Å²) in [5.74, 6) is 0. The first kappa shape index (κ1) is 14.0. The Bertz CT molecular complexity index is 550. The van der Waals surface area contributed by atoms with E-state index in [0.717, 1.165) is 36.6 Å². The number of hydrogen-bond acceptors (Lipinski definition) is 4. The second-order valence-electron chi connectivity index (χ2n) is 4.88. The van der Waals surface area contributed by atoms with Gasteiger partial charge >= 0.3 is 0 Å². The van der Waals surface area contributed by atoms with Crippen LogP contribution in [-0.2, 0) is 4.74 Å². The molecule has 0 aromatic carbocycles. The van der Waals surface area contributed by atoms with E-state index in [1.165, 1.54) is 5.56 Å². The van der Waals surface area contributed by atoms with Crippen LogP contribution in [0.4, 0.5) is 0 Å². The SMILES string of the molecule is COCCCNC(C)c1cnc2cc(C)nn2c1C. The first-order chi connectivity index (χ1) is 9.13. The largest absolute Gasteiger partial charge is 0.385 e. The number of nitrogens with zero attached hydrogens (tertiary/aromatic N) is 3. The van der Waals surface area contributed by atoms with Crippen LogP contribution in [-0.4, -0.2) is 34.9 Å². The van der Waals surface area contributed by atoms with Crippen molar-refractivity contribution in [1.82, 2.24) is 19.9 Å². The zero-order valence-electron chi connectivity index (χ0n) is 12.1. The van der Waals surface area contributed by atoms with Gasteiger partial charge in [0.25, 0.3) is 0 Å². The van der Waals surface area contributed by atoms with E-state index in [4.69, 9.17) is 4.74 Å². The molecule has 2 heterocycles. The van der Waals surface area contributed by atoms with Gasteiger partial charge in [-0.15, -0.1) is 0 Å². The Morgan fingerprint density at radius 1 is 1.42 bits per heavy atom. The van der Waals surface area contributed by atoms with Crippen LogP contribution in [0.1, 0.15) is 36.3 Å². The fourth-order valence-corrected chi connectivity index (χ4v) is 2.25. The highest BCUT2D eigenvalue weighted by Gasteiger charge is 2.12. The fourth-order valence-electron chi connectivity index (χ4n) is 2.25. The van der Waals surface area contributed by atoms with Crippen LogP contribution in [0.2, 0.25) is 0 Å². The van der Waals surface area contributed by atoms with Crippen LogP contribution in [0.3, 0.4) is 0 Å². The lowest BCUT2D eigenvalue weighted by Gasteiger charge is -2.16. The van der Waals surface area contributed by atoms with Crippen molar-refractivity contribution < 1.29 is 4.74 Å². The van der Waals surface area contributed by atoms with E-state index in [-0.39, 0.29) is 6.04 Å². The summed E-state index contributed by atoms with van der Waals surface area (Å²) in [5.41, 5.74) is 4.23. The highest BCUT2D eigenvalue weighted by molar-refractivity contribution is 5.42. The minimum atomic E-state index is 0.262. The highest BCUT2D eigenvalue weighted by atomic mass is 16.5. The van der Waals surface area contributed by atoms with Gasteiger partial charge in [-0.3, -0.25) is 0 Å². The molecule has 2 aromatic rings. The lowest BCUT2D eigenvalue weighted by atomic mass is 10.1. The van der Waals surface area contributed by atoms with Gasteiger partial charge in [-0.1, -0.05) is 0 Å². The molecule has 1 N–H and O–H groups in total. The van der Waals surface area contributed by atoms with E-state index in [2.05, 4.69) is 29.2 Å². The lowest BCUT2D eigenvalue weighted by molar-refractivity contribution is 0.193. The third-order valence-electron chi connectivity index (χ3n) is 3.33. The minimum Gasteiger partial charge on any atom is -0.385 e. The van der Waals surface area contributed by atoms with Gasteiger partial charge in [0.05, 0.1) is 5.69 Å². The molecule has 1 atom stereocenters. The standard InChI is InChI=1S/C14H22N4O/c1-10-8-14-16-9-13(12(3)18(14)17-10)11(2)15-6-5-7-19-4/h8-9,11,15H,5-7H2,1-4H3. The molecule has 19 heavy (non-hydrogen) atoms. The molecule has 0 saturated heterocycles. The molecule has 0 amide bonds. The first-order valence-corrected chi connectivity index (χ1v) is 6.67. The Kier molecular flexibility index (Phi) is 4.50. The number of methoxy groups -OCH3 is 1. The van der Waals surface area contributed by atoms with Gasteiger partial charge in [0.1, 0.15) is 0 Å². The summed E-state index contributed by atoms with van der Waals surface area (Å²) in [6, 6.07) is 2.26. The Morgan fingerprint density at radius 3 is 2.95 bits per heavy atom. The second-order valence-corrected chi connectivity index (χ2v) is 4.88. The molecule has 104 valence electrons. The maximum absolute atomic E-state index is 5.05.